The Balaban J connectivity index is 0. The van der Waals surface area contributed by atoms with E-state index in [0.29, 0.717) is 0 Å². The molecular weight excluding hydrogens is 507 g/mol. The molecule has 0 heterocycles. The molecule has 0 bridgehead atoms. The van der Waals surface area contributed by atoms with E-state index >= 15 is 0 Å². The number of hydrogen-bond donors (Lipinski definition) is 0. The van der Waals surface area contributed by atoms with E-state index in [1.807, 2.05) is 0 Å². The Kier molecular flexibility index (Phi) is 427. The molecule has 0 aromatic heterocycles. The molecule has 7 heteroatoms. The van der Waals surface area contributed by atoms with E-state index in [9.17, 15) is 0 Å². The van der Waals surface area contributed by atoms with Gasteiger partial charge in [0.2, 0.25) is 0 Å². The van der Waals surface area contributed by atoms with Crippen molar-refractivity contribution in [1.29, 1.82) is 0 Å². The summed E-state index contributed by atoms with van der Waals surface area (Å²) in [7, 11) is 0. The molecule has 0 aliphatic rings. The molecule has 2 radical (unpaired) electrons. The van der Waals surface area contributed by atoms with Gasteiger partial charge in [-0.05, 0) is 0 Å². The summed E-state index contributed by atoms with van der Waals surface area (Å²) in [6, 6.07) is 0. The third kappa shape index (κ3) is 37.7. The Morgan fingerprint density at radius 2 is 0.714 bits per heavy atom. The Hall–Kier alpha value is 4.44. The molecule has 0 aliphatic carbocycles. The molecule has 0 amide bonds. The zero-order valence-electron chi connectivity index (χ0n) is 3.65. The van der Waals surface area contributed by atoms with Gasteiger partial charge in [0.05, 0.1) is 0 Å². The second kappa shape index (κ2) is 47.2. The third-order valence-electron chi connectivity index (χ3n) is 0. The Bertz CT molecular complexity index is 14.9. The van der Waals surface area contributed by atoms with E-state index in [4.69, 9.17) is 0 Å². The average Bonchev–Trinajstić information content (AvgIpc) is 0. The van der Waals surface area contributed by atoms with Crippen molar-refractivity contribution >= 4 is 0 Å². The normalized spacial score (nSPS) is 0. The first-order valence-corrected chi connectivity index (χ1v) is 0. The zero-order chi connectivity index (χ0) is 0. The first-order valence-electron chi connectivity index (χ1n) is 0. The summed E-state index contributed by atoms with van der Waals surface area (Å²) in [6.45, 7) is 0. The third-order valence-corrected chi connectivity index (χ3v) is 0. The van der Waals surface area contributed by atoms with Crippen LogP contribution in [0.25, 0.3) is 0 Å². The molecule has 6 N–H and O–H groups in total. The van der Waals surface area contributed by atoms with Gasteiger partial charge >= 0.3 is 0 Å². The molecule has 38 valence electrons. The van der Waals surface area contributed by atoms with Crippen molar-refractivity contribution in [2.75, 3.05) is 0 Å². The maximum absolute atomic E-state index is 0. The average molecular weight is 513 g/mol. The molecule has 0 spiro atoms. The van der Waals surface area contributed by atoms with Gasteiger partial charge in [-0.15, -0.1) is 0 Å². The van der Waals surface area contributed by atoms with Crippen LogP contribution in [0.1, 0.15) is 0 Å². The zero-order valence-corrected chi connectivity index (χ0v) is 15.7. The van der Waals surface area contributed by atoms with Gasteiger partial charge in [0, 0.05) is 136 Å². The standard InChI is InChI=1S/Ce.La.3H2O.Y.Zr/h;;3*1H2;;. The number of rotatable bonds is 0. The molecular formula is H6CeLaO3YZr. The summed E-state index contributed by atoms with van der Waals surface area (Å²) < 4.78 is 0. The number of hydrogen-bond acceptors (Lipinski definition) is 0. The summed E-state index contributed by atoms with van der Waals surface area (Å²) in [5.41, 5.74) is 0. The molecule has 0 aromatic rings. The summed E-state index contributed by atoms with van der Waals surface area (Å²) in [5.74, 6) is 0. The van der Waals surface area contributed by atoms with Crippen molar-refractivity contribution in [2.24, 2.45) is 0 Å². The molecule has 0 rings (SSSR count). The van der Waals surface area contributed by atoms with Gasteiger partial charge in [0.25, 0.3) is 0 Å². The molecule has 7 heavy (non-hydrogen) atoms. The van der Waals surface area contributed by atoms with E-state index in [-0.39, 0.29) is 153 Å². The van der Waals surface area contributed by atoms with Crippen molar-refractivity contribution in [2.45, 2.75) is 0 Å². The molecule has 0 saturated carbocycles. The SMILES string of the molecule is O.O.O.[Ce].[La].[Y].[Zr]. The minimum atomic E-state index is 0. The molecule has 0 aliphatic heterocycles. The van der Waals surface area contributed by atoms with Crippen LogP contribution in [-0.2, 0) is 58.9 Å². The van der Waals surface area contributed by atoms with Crippen LogP contribution in [0.5, 0.6) is 0 Å². The topological polar surface area (TPSA) is 94.5 Å². The predicted molar refractivity (Wildman–Crippen MR) is 10.8 cm³/mol. The smallest absolute Gasteiger partial charge is 0 e. The molecule has 0 atom stereocenters. The van der Waals surface area contributed by atoms with Gasteiger partial charge in [-0.3, -0.25) is 0 Å². The van der Waals surface area contributed by atoms with Crippen LogP contribution in [0.4, 0.5) is 0 Å². The summed E-state index contributed by atoms with van der Waals surface area (Å²) in [5, 5.41) is 0. The van der Waals surface area contributed by atoms with Gasteiger partial charge in [-0.2, -0.15) is 0 Å². The van der Waals surface area contributed by atoms with E-state index in [2.05, 4.69) is 0 Å². The van der Waals surface area contributed by atoms with Gasteiger partial charge < -0.3 is 16.4 Å². The largest absolute Gasteiger partial charge is 0.412 e. The first-order chi connectivity index (χ1) is 0. The van der Waals surface area contributed by atoms with E-state index in [0.717, 1.165) is 0 Å². The Morgan fingerprint density at radius 1 is 0.714 bits per heavy atom. The van der Waals surface area contributed by atoms with Crippen molar-refractivity contribution in [3.63, 3.8) is 0 Å². The molecule has 0 saturated heterocycles. The molecule has 0 unspecified atom stereocenters. The summed E-state index contributed by atoms with van der Waals surface area (Å²) >= 11 is 0. The van der Waals surface area contributed by atoms with Crippen LogP contribution in [0.15, 0.2) is 0 Å². The van der Waals surface area contributed by atoms with Crippen LogP contribution >= 0.6 is 0 Å². The maximum Gasteiger partial charge on any atom is 0 e. The quantitative estimate of drug-likeness (QED) is 0.344. The minimum Gasteiger partial charge on any atom is -0.412 e. The van der Waals surface area contributed by atoms with Gasteiger partial charge in [-0.25, -0.2) is 0 Å². The van der Waals surface area contributed by atoms with Crippen molar-refractivity contribution < 1.29 is 153 Å². The second-order valence-electron chi connectivity index (χ2n) is 0. The Morgan fingerprint density at radius 3 is 0.714 bits per heavy atom. The molecule has 3 nitrogen and oxygen atoms in total. The fourth-order valence-electron chi connectivity index (χ4n) is 0. The van der Waals surface area contributed by atoms with E-state index in [1.165, 1.54) is 0 Å². The second-order valence-corrected chi connectivity index (χ2v) is 0. The van der Waals surface area contributed by atoms with Crippen LogP contribution in [0.3, 0.4) is 0 Å². The van der Waals surface area contributed by atoms with E-state index < -0.39 is 0 Å². The van der Waals surface area contributed by atoms with Crippen molar-refractivity contribution in [3.8, 4) is 0 Å². The van der Waals surface area contributed by atoms with Crippen molar-refractivity contribution in [3.05, 3.63) is 0 Å². The van der Waals surface area contributed by atoms with Crippen LogP contribution in [-0.4, -0.2) is 16.4 Å². The fourth-order valence-corrected chi connectivity index (χ4v) is 0. The fraction of sp³-hybridized carbons (Fsp3) is 0. The van der Waals surface area contributed by atoms with E-state index in [1.54, 1.807) is 0 Å². The van der Waals surface area contributed by atoms with Gasteiger partial charge in [0.1, 0.15) is 0 Å². The van der Waals surface area contributed by atoms with Crippen LogP contribution in [0, 0.1) is 77.3 Å². The van der Waals surface area contributed by atoms with Gasteiger partial charge in [-0.1, -0.05) is 0 Å². The minimum absolute atomic E-state index is 0. The van der Waals surface area contributed by atoms with Gasteiger partial charge in [0.15, 0.2) is 0 Å². The van der Waals surface area contributed by atoms with Crippen LogP contribution in [0.2, 0.25) is 0 Å². The maximum atomic E-state index is 0. The Labute approximate surface area is 148 Å². The van der Waals surface area contributed by atoms with Crippen molar-refractivity contribution in [1.82, 2.24) is 0 Å². The predicted octanol–water partition coefficient (Wildman–Crippen LogP) is -2.48. The first kappa shape index (κ1) is 63.3. The molecule has 0 fully saturated rings. The monoisotopic (exact) mass is 512 g/mol. The summed E-state index contributed by atoms with van der Waals surface area (Å²) in [6.07, 6.45) is 0. The molecule has 0 aromatic carbocycles. The van der Waals surface area contributed by atoms with Crippen LogP contribution < -0.4 is 0 Å². The summed E-state index contributed by atoms with van der Waals surface area (Å²) in [4.78, 5) is 0.